The lowest BCUT2D eigenvalue weighted by atomic mass is 10.1. The molecule has 29 heavy (non-hydrogen) atoms. The van der Waals surface area contributed by atoms with E-state index in [9.17, 15) is 4.79 Å². The molecule has 0 saturated carbocycles. The topological polar surface area (TPSA) is 51.3 Å². The molecule has 0 amide bonds. The van der Waals surface area contributed by atoms with Crippen molar-refractivity contribution in [3.05, 3.63) is 83.4 Å². The fourth-order valence-corrected chi connectivity index (χ4v) is 3.65. The molecule has 0 saturated heterocycles. The Labute approximate surface area is 177 Å². The first-order valence-electron chi connectivity index (χ1n) is 9.25. The second kappa shape index (κ2) is 8.53. The number of hydrogen-bond acceptors (Lipinski definition) is 3. The number of aromatic nitrogens is 1. The summed E-state index contributed by atoms with van der Waals surface area (Å²) in [6.07, 6.45) is 2.06. The Hall–Kier alpha value is -3.05. The number of halogens is 1. The second-order valence-corrected chi connectivity index (χ2v) is 7.25. The number of benzene rings is 3. The van der Waals surface area contributed by atoms with Crippen LogP contribution in [0, 0.1) is 0 Å². The zero-order valence-corrected chi connectivity index (χ0v) is 17.5. The van der Waals surface area contributed by atoms with E-state index in [1.807, 2.05) is 36.4 Å². The van der Waals surface area contributed by atoms with Gasteiger partial charge >= 0.3 is 5.97 Å². The number of ether oxygens (including phenoxy) is 2. The summed E-state index contributed by atoms with van der Waals surface area (Å²) in [7, 11) is 1.38. The highest BCUT2D eigenvalue weighted by atomic mass is 79.9. The lowest BCUT2D eigenvalue weighted by Crippen LogP contribution is -2.03. The van der Waals surface area contributed by atoms with E-state index < -0.39 is 0 Å². The highest BCUT2D eigenvalue weighted by Crippen LogP contribution is 2.31. The van der Waals surface area contributed by atoms with Gasteiger partial charge in [0.05, 0.1) is 18.2 Å². The molecule has 0 fully saturated rings. The van der Waals surface area contributed by atoms with Crippen molar-refractivity contribution in [2.75, 3.05) is 19.0 Å². The van der Waals surface area contributed by atoms with Crippen molar-refractivity contribution in [2.24, 2.45) is 0 Å². The summed E-state index contributed by atoms with van der Waals surface area (Å²) in [6.45, 7) is 0.457. The van der Waals surface area contributed by atoms with Crippen molar-refractivity contribution in [3.8, 4) is 5.75 Å². The van der Waals surface area contributed by atoms with Crippen molar-refractivity contribution in [1.82, 2.24) is 4.98 Å². The van der Waals surface area contributed by atoms with Crippen LogP contribution in [0.1, 0.15) is 15.9 Å². The number of esters is 1. The Morgan fingerprint density at radius 1 is 1.00 bits per heavy atom. The maximum atomic E-state index is 11.6. The molecule has 0 bridgehead atoms. The van der Waals surface area contributed by atoms with E-state index in [1.165, 1.54) is 12.5 Å². The number of alkyl halides is 1. The normalized spacial score (nSPS) is 11.7. The number of para-hydroxylation sites is 2. The number of aromatic amines is 1. The first kappa shape index (κ1) is 19.3. The van der Waals surface area contributed by atoms with E-state index in [2.05, 4.69) is 45.2 Å². The van der Waals surface area contributed by atoms with Gasteiger partial charge in [-0.25, -0.2) is 4.79 Å². The van der Waals surface area contributed by atoms with Crippen molar-refractivity contribution < 1.29 is 14.3 Å². The fraction of sp³-hybridized carbons (Fsp3) is 0.125. The van der Waals surface area contributed by atoms with Gasteiger partial charge in [-0.2, -0.15) is 0 Å². The van der Waals surface area contributed by atoms with Gasteiger partial charge in [0.15, 0.2) is 0 Å². The Bertz CT molecular complexity index is 1190. The summed E-state index contributed by atoms with van der Waals surface area (Å²) in [4.78, 5) is 15.0. The van der Waals surface area contributed by atoms with Crippen molar-refractivity contribution in [2.45, 2.75) is 0 Å². The van der Waals surface area contributed by atoms with Gasteiger partial charge in [0.1, 0.15) is 12.4 Å². The maximum Gasteiger partial charge on any atom is 0.337 e. The second-order valence-electron chi connectivity index (χ2n) is 6.69. The van der Waals surface area contributed by atoms with E-state index in [4.69, 9.17) is 9.47 Å². The van der Waals surface area contributed by atoms with Crippen LogP contribution >= 0.6 is 15.9 Å². The number of carbonyl (C=O) groups is 1. The summed E-state index contributed by atoms with van der Waals surface area (Å²) in [5.41, 5.74) is 4.72. The fourth-order valence-electron chi connectivity index (χ4n) is 3.32. The predicted molar refractivity (Wildman–Crippen MR) is 121 cm³/mol. The van der Waals surface area contributed by atoms with Gasteiger partial charge in [0.2, 0.25) is 0 Å². The monoisotopic (exact) mass is 449 g/mol. The SMILES string of the molecule is COC(=O)c1ccc(/C=C(\CBr)COc2cccc3c2[nH]c2ccccc23)cc1. The van der Waals surface area contributed by atoms with Gasteiger partial charge in [0, 0.05) is 21.6 Å². The quantitative estimate of drug-likeness (QED) is 0.291. The third kappa shape index (κ3) is 4.05. The highest BCUT2D eigenvalue weighted by Gasteiger charge is 2.09. The number of fused-ring (bicyclic) bond motifs is 3. The maximum absolute atomic E-state index is 11.6. The number of H-pyrrole nitrogens is 1. The molecule has 1 aromatic heterocycles. The van der Waals surface area contributed by atoms with E-state index in [1.54, 1.807) is 12.1 Å². The summed E-state index contributed by atoms with van der Waals surface area (Å²) in [5, 5.41) is 3.03. The van der Waals surface area contributed by atoms with Gasteiger partial charge in [-0.15, -0.1) is 0 Å². The molecule has 0 aliphatic carbocycles. The van der Waals surface area contributed by atoms with Crippen molar-refractivity contribution in [3.63, 3.8) is 0 Å². The summed E-state index contributed by atoms with van der Waals surface area (Å²) >= 11 is 3.54. The molecular formula is C24H20BrNO3. The predicted octanol–water partition coefficient (Wildman–Crippen LogP) is 5.97. The van der Waals surface area contributed by atoms with E-state index in [0.29, 0.717) is 17.5 Å². The summed E-state index contributed by atoms with van der Waals surface area (Å²) in [5.74, 6) is 0.489. The number of nitrogens with one attached hydrogen (secondary N) is 1. The Morgan fingerprint density at radius 2 is 1.76 bits per heavy atom. The molecule has 0 spiro atoms. The number of methoxy groups -OCH3 is 1. The Kier molecular flexibility index (Phi) is 5.67. The lowest BCUT2D eigenvalue weighted by molar-refractivity contribution is 0.0600. The Morgan fingerprint density at radius 3 is 2.52 bits per heavy atom. The molecule has 146 valence electrons. The number of hydrogen-bond donors (Lipinski definition) is 1. The van der Waals surface area contributed by atoms with E-state index in [-0.39, 0.29) is 5.97 Å². The first-order chi connectivity index (χ1) is 14.2. The third-order valence-electron chi connectivity index (χ3n) is 4.79. The molecule has 3 aromatic carbocycles. The average Bonchev–Trinajstić information content (AvgIpc) is 3.16. The van der Waals surface area contributed by atoms with Crippen LogP contribution in [0.3, 0.4) is 0 Å². The van der Waals surface area contributed by atoms with Crippen LogP contribution in [0.4, 0.5) is 0 Å². The molecule has 1 N–H and O–H groups in total. The lowest BCUT2D eigenvalue weighted by Gasteiger charge is -2.09. The number of rotatable bonds is 6. The third-order valence-corrected chi connectivity index (χ3v) is 5.51. The smallest absolute Gasteiger partial charge is 0.337 e. The molecule has 4 rings (SSSR count). The molecule has 4 aromatic rings. The molecule has 5 heteroatoms. The van der Waals surface area contributed by atoms with E-state index >= 15 is 0 Å². The van der Waals surface area contributed by atoms with Gasteiger partial charge in [-0.3, -0.25) is 0 Å². The number of carbonyl (C=O) groups excluding carboxylic acids is 1. The minimum Gasteiger partial charge on any atom is -0.487 e. The molecule has 0 atom stereocenters. The molecule has 0 aliphatic rings. The Balaban J connectivity index is 1.55. The minimum atomic E-state index is -0.337. The first-order valence-corrected chi connectivity index (χ1v) is 10.4. The van der Waals surface area contributed by atoms with Gasteiger partial charge < -0.3 is 14.5 Å². The van der Waals surface area contributed by atoms with E-state index in [0.717, 1.165) is 33.3 Å². The van der Waals surface area contributed by atoms with Crippen molar-refractivity contribution in [1.29, 1.82) is 0 Å². The molecule has 1 heterocycles. The van der Waals surface area contributed by atoms with Gasteiger partial charge in [-0.1, -0.05) is 64.5 Å². The zero-order valence-electron chi connectivity index (χ0n) is 15.9. The van der Waals surface area contributed by atoms with Crippen molar-refractivity contribution >= 4 is 49.8 Å². The largest absolute Gasteiger partial charge is 0.487 e. The van der Waals surface area contributed by atoms with Crippen LogP contribution in [-0.4, -0.2) is 30.0 Å². The molecule has 4 nitrogen and oxygen atoms in total. The van der Waals surface area contributed by atoms with Crippen LogP contribution in [-0.2, 0) is 4.74 Å². The zero-order chi connectivity index (χ0) is 20.2. The van der Waals surface area contributed by atoms with Crippen LogP contribution in [0.25, 0.3) is 27.9 Å². The molecular weight excluding hydrogens is 430 g/mol. The highest BCUT2D eigenvalue weighted by molar-refractivity contribution is 9.09. The summed E-state index contributed by atoms with van der Waals surface area (Å²) < 4.78 is 10.9. The van der Waals surface area contributed by atoms with Gasteiger partial charge in [-0.05, 0) is 35.4 Å². The molecule has 0 unspecified atom stereocenters. The summed E-state index contributed by atoms with van der Waals surface area (Å²) in [6, 6.07) is 21.7. The van der Waals surface area contributed by atoms with Crippen LogP contribution in [0.15, 0.2) is 72.3 Å². The van der Waals surface area contributed by atoms with Gasteiger partial charge in [0.25, 0.3) is 0 Å². The molecule has 0 aliphatic heterocycles. The molecule has 0 radical (unpaired) electrons. The standard InChI is InChI=1S/C24H20BrNO3/c1-28-24(27)18-11-9-16(10-12-18)13-17(14-25)15-29-22-8-4-6-20-19-5-2-3-7-21(19)26-23(20)22/h2-13,26H,14-15H2,1H3/b17-13+. The van der Waals surface area contributed by atoms with Crippen LogP contribution < -0.4 is 4.74 Å². The van der Waals surface area contributed by atoms with Crippen LogP contribution in [0.5, 0.6) is 5.75 Å². The van der Waals surface area contributed by atoms with Crippen LogP contribution in [0.2, 0.25) is 0 Å². The minimum absolute atomic E-state index is 0.337. The average molecular weight is 450 g/mol.